The maximum atomic E-state index is 11.9. The molecule has 0 fully saturated rings. The van der Waals surface area contributed by atoms with Crippen LogP contribution in [0.4, 0.5) is 0 Å². The highest BCUT2D eigenvalue weighted by molar-refractivity contribution is 6.20. The topological polar surface area (TPSA) is 67.5 Å². The second-order valence-corrected chi connectivity index (χ2v) is 3.29. The van der Waals surface area contributed by atoms with E-state index in [1.165, 1.54) is 19.2 Å². The van der Waals surface area contributed by atoms with Gasteiger partial charge in [0.2, 0.25) is 0 Å². The Kier molecular flexibility index (Phi) is 13.1. The number of carbonyl (C=O) groups is 1. The van der Waals surface area contributed by atoms with Crippen LogP contribution in [0.5, 0.6) is 0 Å². The number of allylic oxidation sites excluding steroid dienone is 4. The Morgan fingerprint density at radius 2 is 1.75 bits per heavy atom. The standard InChI is InChI=1S/C14H19N3O.C2H6/c1-5-8-11(7-3)10-17-14(18)12(9-6-2)13(15)16-4;1-2/h5-9H,1-3,10H2,4H3,(H2,15,16)(H,17,18);1-2H3/b11-8+,12-9+;. The monoisotopic (exact) mass is 275 g/mol. The first-order valence-electron chi connectivity index (χ1n) is 6.38. The van der Waals surface area contributed by atoms with Gasteiger partial charge in [-0.15, -0.1) is 0 Å². The van der Waals surface area contributed by atoms with E-state index in [2.05, 4.69) is 30.0 Å². The van der Waals surface area contributed by atoms with Gasteiger partial charge in [-0.1, -0.05) is 57.9 Å². The number of carbonyl (C=O) groups excluding carboxylic acids is 1. The third-order valence-corrected chi connectivity index (χ3v) is 2.09. The molecule has 20 heavy (non-hydrogen) atoms. The van der Waals surface area contributed by atoms with E-state index in [1.807, 2.05) is 13.8 Å². The summed E-state index contributed by atoms with van der Waals surface area (Å²) in [5.41, 5.74) is 6.76. The number of rotatable bonds is 7. The van der Waals surface area contributed by atoms with Crippen LogP contribution in [0, 0.1) is 0 Å². The molecule has 4 heteroatoms. The quantitative estimate of drug-likeness (QED) is 0.324. The molecule has 0 heterocycles. The van der Waals surface area contributed by atoms with Crippen LogP contribution < -0.4 is 11.1 Å². The second kappa shape index (κ2) is 13.1. The number of nitrogens with zero attached hydrogens (tertiary/aromatic N) is 1. The Morgan fingerprint density at radius 3 is 2.15 bits per heavy atom. The van der Waals surface area contributed by atoms with Gasteiger partial charge in [-0.2, -0.15) is 0 Å². The van der Waals surface area contributed by atoms with E-state index >= 15 is 0 Å². The summed E-state index contributed by atoms with van der Waals surface area (Å²) in [7, 11) is 1.52. The van der Waals surface area contributed by atoms with Crippen LogP contribution in [0.25, 0.3) is 0 Å². The number of aliphatic imine (C=N–C) groups is 1. The fourth-order valence-corrected chi connectivity index (χ4v) is 1.14. The number of hydrogen-bond acceptors (Lipinski definition) is 2. The van der Waals surface area contributed by atoms with E-state index in [4.69, 9.17) is 5.73 Å². The van der Waals surface area contributed by atoms with Crippen molar-refractivity contribution < 1.29 is 4.79 Å². The molecule has 0 atom stereocenters. The van der Waals surface area contributed by atoms with Crippen LogP contribution in [0.15, 0.2) is 66.3 Å². The van der Waals surface area contributed by atoms with Gasteiger partial charge in [0.05, 0.1) is 5.57 Å². The predicted octanol–water partition coefficient (Wildman–Crippen LogP) is 2.53. The molecule has 0 radical (unpaired) electrons. The highest BCUT2D eigenvalue weighted by Crippen LogP contribution is 1.98. The smallest absolute Gasteiger partial charge is 0.255 e. The van der Waals surface area contributed by atoms with Gasteiger partial charge >= 0.3 is 0 Å². The van der Waals surface area contributed by atoms with Crippen LogP contribution >= 0.6 is 0 Å². The van der Waals surface area contributed by atoms with E-state index < -0.39 is 0 Å². The number of nitrogens with one attached hydrogen (secondary N) is 1. The molecule has 0 unspecified atom stereocenters. The van der Waals surface area contributed by atoms with Crippen LogP contribution in [0.2, 0.25) is 0 Å². The third-order valence-electron chi connectivity index (χ3n) is 2.09. The fourth-order valence-electron chi connectivity index (χ4n) is 1.14. The van der Waals surface area contributed by atoms with Gasteiger partial charge in [0.15, 0.2) is 0 Å². The van der Waals surface area contributed by atoms with E-state index in [0.29, 0.717) is 6.54 Å². The summed E-state index contributed by atoms with van der Waals surface area (Å²) in [5.74, 6) is -0.143. The van der Waals surface area contributed by atoms with E-state index in [1.54, 1.807) is 18.2 Å². The van der Waals surface area contributed by atoms with Crippen LogP contribution in [0.1, 0.15) is 13.8 Å². The zero-order valence-corrected chi connectivity index (χ0v) is 12.6. The second-order valence-electron chi connectivity index (χ2n) is 3.29. The van der Waals surface area contributed by atoms with E-state index in [9.17, 15) is 4.79 Å². The summed E-state index contributed by atoms with van der Waals surface area (Å²) in [5, 5.41) is 2.72. The van der Waals surface area contributed by atoms with Crippen LogP contribution in [-0.4, -0.2) is 25.3 Å². The molecule has 0 saturated carbocycles. The van der Waals surface area contributed by atoms with Crippen molar-refractivity contribution in [1.82, 2.24) is 5.32 Å². The summed E-state index contributed by atoms with van der Waals surface area (Å²) in [6, 6.07) is 0. The molecule has 0 saturated heterocycles. The minimum Gasteiger partial charge on any atom is -0.383 e. The van der Waals surface area contributed by atoms with Crippen molar-refractivity contribution in [2.24, 2.45) is 10.7 Å². The predicted molar refractivity (Wildman–Crippen MR) is 88.7 cm³/mol. The zero-order chi connectivity index (χ0) is 16.0. The molecule has 0 rings (SSSR count). The summed E-state index contributed by atoms with van der Waals surface area (Å²) in [6.45, 7) is 15.1. The molecule has 0 spiro atoms. The van der Waals surface area contributed by atoms with Gasteiger partial charge in [0.1, 0.15) is 5.84 Å². The maximum Gasteiger partial charge on any atom is 0.255 e. The molecule has 0 aliphatic rings. The number of amides is 1. The normalized spacial score (nSPS) is 11.8. The molecule has 0 aromatic rings. The van der Waals surface area contributed by atoms with Gasteiger partial charge in [-0.05, 0) is 11.6 Å². The van der Waals surface area contributed by atoms with Gasteiger partial charge in [-0.3, -0.25) is 9.79 Å². The fraction of sp³-hybridized carbons (Fsp3) is 0.250. The molecule has 3 N–H and O–H groups in total. The molecular weight excluding hydrogens is 250 g/mol. The molecule has 4 nitrogen and oxygen atoms in total. The Bertz CT molecular complexity index is 429. The van der Waals surface area contributed by atoms with Crippen molar-refractivity contribution in [2.75, 3.05) is 13.6 Å². The molecule has 0 aliphatic carbocycles. The largest absolute Gasteiger partial charge is 0.383 e. The van der Waals surface area contributed by atoms with Crippen molar-refractivity contribution in [3.05, 3.63) is 61.3 Å². The molecule has 0 aromatic carbocycles. The Hall–Kier alpha value is -2.36. The highest BCUT2D eigenvalue weighted by Gasteiger charge is 2.11. The van der Waals surface area contributed by atoms with Crippen molar-refractivity contribution in [2.45, 2.75) is 13.8 Å². The molecular formula is C16H25N3O. The van der Waals surface area contributed by atoms with Crippen LogP contribution in [-0.2, 0) is 4.79 Å². The molecule has 1 amide bonds. The van der Waals surface area contributed by atoms with Crippen molar-refractivity contribution in [1.29, 1.82) is 0 Å². The third kappa shape index (κ3) is 7.87. The number of amidine groups is 1. The van der Waals surface area contributed by atoms with Crippen molar-refractivity contribution in [3.8, 4) is 0 Å². The minimum absolute atomic E-state index is 0.167. The Morgan fingerprint density at radius 1 is 1.20 bits per heavy atom. The molecule has 0 bridgehead atoms. The number of hydrogen-bond donors (Lipinski definition) is 2. The zero-order valence-electron chi connectivity index (χ0n) is 12.6. The van der Waals surface area contributed by atoms with Crippen molar-refractivity contribution in [3.63, 3.8) is 0 Å². The average molecular weight is 275 g/mol. The van der Waals surface area contributed by atoms with Gasteiger partial charge in [0, 0.05) is 13.6 Å². The summed E-state index contributed by atoms with van der Waals surface area (Å²) in [6.07, 6.45) is 8.05. The summed E-state index contributed by atoms with van der Waals surface area (Å²) in [4.78, 5) is 15.7. The first-order valence-corrected chi connectivity index (χ1v) is 6.38. The minimum atomic E-state index is -0.310. The average Bonchev–Trinajstić information content (AvgIpc) is 2.49. The lowest BCUT2D eigenvalue weighted by molar-refractivity contribution is -0.116. The summed E-state index contributed by atoms with van der Waals surface area (Å²) < 4.78 is 0. The molecule has 0 aliphatic heterocycles. The van der Waals surface area contributed by atoms with Crippen molar-refractivity contribution >= 4 is 11.7 Å². The molecule has 110 valence electrons. The summed E-state index contributed by atoms with van der Waals surface area (Å²) >= 11 is 0. The van der Waals surface area contributed by atoms with Gasteiger partial charge in [-0.25, -0.2) is 0 Å². The first kappa shape index (κ1) is 20.0. The highest BCUT2D eigenvalue weighted by atomic mass is 16.1. The lowest BCUT2D eigenvalue weighted by atomic mass is 10.2. The number of nitrogens with two attached hydrogens (primary N) is 1. The first-order chi connectivity index (χ1) is 9.60. The lowest BCUT2D eigenvalue weighted by Gasteiger charge is -2.08. The SMILES string of the molecule is C=C/C=C(\C=C)CNC(=O)/C(=C/C=C)C(N)=NC.CC. The Labute approximate surface area is 122 Å². The van der Waals surface area contributed by atoms with Gasteiger partial charge < -0.3 is 11.1 Å². The van der Waals surface area contributed by atoms with Crippen LogP contribution in [0.3, 0.4) is 0 Å². The maximum absolute atomic E-state index is 11.9. The Balaban J connectivity index is 0. The lowest BCUT2D eigenvalue weighted by Crippen LogP contribution is -2.32. The van der Waals surface area contributed by atoms with E-state index in [0.717, 1.165) is 5.57 Å². The molecule has 0 aromatic heterocycles. The van der Waals surface area contributed by atoms with Gasteiger partial charge in [0.25, 0.3) is 5.91 Å². The van der Waals surface area contributed by atoms with E-state index in [-0.39, 0.29) is 17.3 Å².